The lowest BCUT2D eigenvalue weighted by molar-refractivity contribution is 0.0930. The number of rotatable bonds is 5. The van der Waals surface area contributed by atoms with Gasteiger partial charge in [-0.2, -0.15) is 0 Å². The predicted octanol–water partition coefficient (Wildman–Crippen LogP) is 2.31. The second kappa shape index (κ2) is 6.45. The Bertz CT molecular complexity index is 539. The normalized spacial score (nSPS) is 12.1. The van der Waals surface area contributed by atoms with Crippen LogP contribution in [0.25, 0.3) is 10.6 Å². The second-order valence-corrected chi connectivity index (χ2v) is 5.15. The van der Waals surface area contributed by atoms with Gasteiger partial charge >= 0.3 is 0 Å². The summed E-state index contributed by atoms with van der Waals surface area (Å²) >= 11 is 1.45. The first-order chi connectivity index (χ1) is 9.20. The van der Waals surface area contributed by atoms with Gasteiger partial charge in [0.25, 0.3) is 5.91 Å². The van der Waals surface area contributed by atoms with Crippen molar-refractivity contribution >= 4 is 17.2 Å². The zero-order valence-corrected chi connectivity index (χ0v) is 11.5. The Morgan fingerprint density at radius 1 is 1.42 bits per heavy atom. The van der Waals surface area contributed by atoms with Crippen molar-refractivity contribution in [2.45, 2.75) is 19.4 Å². The van der Waals surface area contributed by atoms with Crippen LogP contribution in [0.15, 0.2) is 35.7 Å². The molecule has 1 aromatic heterocycles. The van der Waals surface area contributed by atoms with Crippen LogP contribution in [-0.2, 0) is 0 Å². The summed E-state index contributed by atoms with van der Waals surface area (Å²) in [4.78, 5) is 16.3. The Labute approximate surface area is 116 Å². The average molecular weight is 276 g/mol. The number of aromatic nitrogens is 1. The third-order valence-electron chi connectivity index (χ3n) is 2.70. The molecular formula is C14H16N2O2S. The molecule has 0 saturated carbocycles. The molecule has 0 radical (unpaired) electrons. The van der Waals surface area contributed by atoms with Gasteiger partial charge in [-0.15, -0.1) is 11.3 Å². The minimum Gasteiger partial charge on any atom is -0.396 e. The van der Waals surface area contributed by atoms with Gasteiger partial charge in [0.2, 0.25) is 0 Å². The molecule has 5 heteroatoms. The van der Waals surface area contributed by atoms with E-state index in [1.807, 2.05) is 37.3 Å². The van der Waals surface area contributed by atoms with Crippen LogP contribution in [0.5, 0.6) is 0 Å². The molecule has 1 unspecified atom stereocenters. The number of amides is 1. The van der Waals surface area contributed by atoms with Gasteiger partial charge in [0.05, 0.1) is 0 Å². The molecule has 0 fully saturated rings. The number of carbonyl (C=O) groups excluding carboxylic acids is 1. The summed E-state index contributed by atoms with van der Waals surface area (Å²) in [5.74, 6) is -0.195. The highest BCUT2D eigenvalue weighted by Gasteiger charge is 2.13. The molecule has 0 bridgehead atoms. The van der Waals surface area contributed by atoms with Crippen molar-refractivity contribution < 1.29 is 9.90 Å². The van der Waals surface area contributed by atoms with Crippen LogP contribution in [0.2, 0.25) is 0 Å². The van der Waals surface area contributed by atoms with E-state index in [-0.39, 0.29) is 18.6 Å². The van der Waals surface area contributed by atoms with Crippen molar-refractivity contribution in [1.82, 2.24) is 10.3 Å². The standard InChI is InChI=1S/C14H16N2O2S/c1-10(7-8-17)15-13(18)12-9-19-14(16-12)11-5-3-2-4-6-11/h2-6,9-10,17H,7-8H2,1H3,(H,15,18). The van der Waals surface area contributed by atoms with Gasteiger partial charge in [-0.1, -0.05) is 30.3 Å². The fraction of sp³-hybridized carbons (Fsp3) is 0.286. The quantitative estimate of drug-likeness (QED) is 0.881. The Morgan fingerprint density at radius 3 is 2.84 bits per heavy atom. The molecule has 1 aromatic carbocycles. The van der Waals surface area contributed by atoms with E-state index in [9.17, 15) is 4.79 Å². The summed E-state index contributed by atoms with van der Waals surface area (Å²) in [7, 11) is 0. The van der Waals surface area contributed by atoms with Crippen LogP contribution >= 0.6 is 11.3 Å². The number of nitrogens with one attached hydrogen (secondary N) is 1. The molecule has 2 rings (SSSR count). The molecule has 0 spiro atoms. The number of carbonyl (C=O) groups is 1. The summed E-state index contributed by atoms with van der Waals surface area (Å²) in [5, 5.41) is 14.2. The first-order valence-electron chi connectivity index (χ1n) is 6.13. The van der Waals surface area contributed by atoms with Crippen LogP contribution in [0.4, 0.5) is 0 Å². The van der Waals surface area contributed by atoms with E-state index in [1.54, 1.807) is 5.38 Å². The van der Waals surface area contributed by atoms with E-state index in [4.69, 9.17) is 5.11 Å². The van der Waals surface area contributed by atoms with Crippen LogP contribution in [0.3, 0.4) is 0 Å². The fourth-order valence-corrected chi connectivity index (χ4v) is 2.46. The minimum absolute atomic E-state index is 0.0561. The first-order valence-corrected chi connectivity index (χ1v) is 7.01. The maximum atomic E-state index is 11.9. The van der Waals surface area contributed by atoms with Gasteiger partial charge < -0.3 is 10.4 Å². The maximum absolute atomic E-state index is 11.9. The molecule has 2 N–H and O–H groups in total. The van der Waals surface area contributed by atoms with E-state index in [0.717, 1.165) is 10.6 Å². The number of nitrogens with zero attached hydrogens (tertiary/aromatic N) is 1. The van der Waals surface area contributed by atoms with Gasteiger partial charge in [-0.25, -0.2) is 4.98 Å². The number of aliphatic hydroxyl groups excluding tert-OH is 1. The van der Waals surface area contributed by atoms with Gasteiger partial charge in [0, 0.05) is 23.6 Å². The molecule has 0 aliphatic carbocycles. The Kier molecular flexibility index (Phi) is 4.65. The molecular weight excluding hydrogens is 260 g/mol. The summed E-state index contributed by atoms with van der Waals surface area (Å²) < 4.78 is 0. The van der Waals surface area contributed by atoms with Crippen molar-refractivity contribution in [1.29, 1.82) is 0 Å². The Balaban J connectivity index is 2.07. The topological polar surface area (TPSA) is 62.2 Å². The van der Waals surface area contributed by atoms with Crippen molar-refractivity contribution in [3.8, 4) is 10.6 Å². The SMILES string of the molecule is CC(CCO)NC(=O)c1csc(-c2ccccc2)n1. The summed E-state index contributed by atoms with van der Waals surface area (Å²) in [5.41, 5.74) is 1.43. The number of hydrogen-bond acceptors (Lipinski definition) is 4. The van der Waals surface area contributed by atoms with Gasteiger partial charge in [0.1, 0.15) is 10.7 Å². The molecule has 100 valence electrons. The monoisotopic (exact) mass is 276 g/mol. The van der Waals surface area contributed by atoms with E-state index in [2.05, 4.69) is 10.3 Å². The largest absolute Gasteiger partial charge is 0.396 e. The van der Waals surface area contributed by atoms with Crippen molar-refractivity contribution in [2.24, 2.45) is 0 Å². The average Bonchev–Trinajstić information content (AvgIpc) is 2.89. The van der Waals surface area contributed by atoms with E-state index < -0.39 is 0 Å². The summed E-state index contributed by atoms with van der Waals surface area (Å²) in [6.07, 6.45) is 0.543. The zero-order chi connectivity index (χ0) is 13.7. The zero-order valence-electron chi connectivity index (χ0n) is 10.7. The highest BCUT2D eigenvalue weighted by Crippen LogP contribution is 2.23. The molecule has 2 aromatic rings. The number of benzene rings is 1. The molecule has 1 atom stereocenters. The second-order valence-electron chi connectivity index (χ2n) is 4.29. The smallest absolute Gasteiger partial charge is 0.270 e. The molecule has 4 nitrogen and oxygen atoms in total. The van der Waals surface area contributed by atoms with Crippen LogP contribution in [-0.4, -0.2) is 28.6 Å². The molecule has 0 saturated heterocycles. The van der Waals surface area contributed by atoms with Crippen LogP contribution < -0.4 is 5.32 Å². The molecule has 1 amide bonds. The van der Waals surface area contributed by atoms with Gasteiger partial charge in [-0.3, -0.25) is 4.79 Å². The van der Waals surface area contributed by atoms with E-state index in [1.165, 1.54) is 11.3 Å². The number of thiazole rings is 1. The fourth-order valence-electron chi connectivity index (χ4n) is 1.65. The molecule has 0 aliphatic heterocycles. The Morgan fingerprint density at radius 2 is 2.16 bits per heavy atom. The lowest BCUT2D eigenvalue weighted by Gasteiger charge is -2.10. The van der Waals surface area contributed by atoms with Crippen molar-refractivity contribution in [3.63, 3.8) is 0 Å². The van der Waals surface area contributed by atoms with Crippen LogP contribution in [0, 0.1) is 0 Å². The van der Waals surface area contributed by atoms with Crippen molar-refractivity contribution in [2.75, 3.05) is 6.61 Å². The number of aliphatic hydroxyl groups is 1. The first kappa shape index (κ1) is 13.7. The van der Waals surface area contributed by atoms with Gasteiger partial charge in [0.15, 0.2) is 0 Å². The third-order valence-corrected chi connectivity index (χ3v) is 3.59. The summed E-state index contributed by atoms with van der Waals surface area (Å²) in [6.45, 7) is 1.92. The molecule has 1 heterocycles. The number of hydrogen-bond donors (Lipinski definition) is 2. The predicted molar refractivity (Wildman–Crippen MR) is 76.2 cm³/mol. The van der Waals surface area contributed by atoms with Crippen LogP contribution in [0.1, 0.15) is 23.8 Å². The highest BCUT2D eigenvalue weighted by molar-refractivity contribution is 7.13. The molecule has 19 heavy (non-hydrogen) atoms. The lowest BCUT2D eigenvalue weighted by atomic mass is 10.2. The van der Waals surface area contributed by atoms with E-state index in [0.29, 0.717) is 12.1 Å². The lowest BCUT2D eigenvalue weighted by Crippen LogP contribution is -2.33. The molecule has 0 aliphatic rings. The highest BCUT2D eigenvalue weighted by atomic mass is 32.1. The Hall–Kier alpha value is -1.72. The third kappa shape index (κ3) is 3.62. The minimum atomic E-state index is -0.195. The van der Waals surface area contributed by atoms with Gasteiger partial charge in [-0.05, 0) is 13.3 Å². The maximum Gasteiger partial charge on any atom is 0.270 e. The van der Waals surface area contributed by atoms with E-state index >= 15 is 0 Å². The van der Waals surface area contributed by atoms with Crippen molar-refractivity contribution in [3.05, 3.63) is 41.4 Å². The summed E-state index contributed by atoms with van der Waals surface area (Å²) in [6, 6.07) is 9.71.